The first-order valence-corrected chi connectivity index (χ1v) is 4.63. The summed E-state index contributed by atoms with van der Waals surface area (Å²) in [7, 11) is 0. The van der Waals surface area contributed by atoms with E-state index in [9.17, 15) is 0 Å². The predicted molar refractivity (Wildman–Crippen MR) is 54.5 cm³/mol. The van der Waals surface area contributed by atoms with Gasteiger partial charge in [-0.05, 0) is 12.5 Å². The molecule has 0 saturated carbocycles. The predicted octanol–water partition coefficient (Wildman–Crippen LogP) is 2.41. The van der Waals surface area contributed by atoms with Crippen LogP contribution in [0.1, 0.15) is 5.56 Å². The Morgan fingerprint density at radius 1 is 1.31 bits per heavy atom. The average Bonchev–Trinajstić information content (AvgIpc) is 2.53. The van der Waals surface area contributed by atoms with Gasteiger partial charge in [0, 0.05) is 5.56 Å². The monoisotopic (exact) mass is 237 g/mol. The molecule has 0 radical (unpaired) electrons. The Labute approximate surface area is 84.7 Å². The second kappa shape index (κ2) is 3.30. The molecule has 2 aromatic rings. The summed E-state index contributed by atoms with van der Waals surface area (Å²) < 4.78 is 1.52. The van der Waals surface area contributed by atoms with Gasteiger partial charge in [-0.1, -0.05) is 29.5 Å². The molecule has 0 aliphatic carbocycles. The first kappa shape index (κ1) is 8.44. The standard InChI is InChI=1S/C9H8BrN3/c1-7-4-2-3-5-8(7)9-6-13(10)12-11-9/h2-6H,1H3. The SMILES string of the molecule is Cc1ccccc1-c1cn(Br)nn1. The summed E-state index contributed by atoms with van der Waals surface area (Å²) in [5.41, 5.74) is 3.21. The molecule has 0 unspecified atom stereocenters. The zero-order valence-electron chi connectivity index (χ0n) is 7.11. The van der Waals surface area contributed by atoms with Crippen LogP contribution in [-0.2, 0) is 0 Å². The molecule has 0 N–H and O–H groups in total. The molecule has 3 nitrogen and oxygen atoms in total. The number of aromatic nitrogens is 3. The number of rotatable bonds is 1. The van der Waals surface area contributed by atoms with Crippen LogP contribution in [-0.4, -0.2) is 14.0 Å². The first-order valence-electron chi connectivity index (χ1n) is 3.92. The Morgan fingerprint density at radius 3 is 2.69 bits per heavy atom. The maximum absolute atomic E-state index is 4.01. The second-order valence-corrected chi connectivity index (χ2v) is 3.53. The smallest absolute Gasteiger partial charge is 0.114 e. The maximum Gasteiger partial charge on any atom is 0.114 e. The van der Waals surface area contributed by atoms with E-state index in [1.54, 1.807) is 0 Å². The highest BCUT2D eigenvalue weighted by atomic mass is 79.9. The summed E-state index contributed by atoms with van der Waals surface area (Å²) in [5, 5.41) is 7.83. The van der Waals surface area contributed by atoms with Crippen molar-refractivity contribution in [1.29, 1.82) is 0 Å². The van der Waals surface area contributed by atoms with Crippen LogP contribution >= 0.6 is 16.1 Å². The lowest BCUT2D eigenvalue weighted by Gasteiger charge is -1.98. The van der Waals surface area contributed by atoms with Crippen molar-refractivity contribution in [2.45, 2.75) is 6.92 Å². The average molecular weight is 238 g/mol. The molecule has 1 aromatic heterocycles. The van der Waals surface area contributed by atoms with Crippen LogP contribution in [0.15, 0.2) is 30.5 Å². The Morgan fingerprint density at radius 2 is 2.08 bits per heavy atom. The zero-order valence-corrected chi connectivity index (χ0v) is 8.69. The largest absolute Gasteiger partial charge is 0.184 e. The Kier molecular flexibility index (Phi) is 2.14. The first-order chi connectivity index (χ1) is 6.27. The van der Waals surface area contributed by atoms with E-state index in [0.29, 0.717) is 0 Å². The number of halogens is 1. The molecule has 66 valence electrons. The fourth-order valence-corrected chi connectivity index (χ4v) is 1.49. The molecule has 1 heterocycles. The third-order valence-electron chi connectivity index (χ3n) is 1.89. The summed E-state index contributed by atoms with van der Waals surface area (Å²) >= 11 is 3.20. The minimum atomic E-state index is 0.884. The number of benzene rings is 1. The van der Waals surface area contributed by atoms with E-state index in [1.165, 1.54) is 9.27 Å². The van der Waals surface area contributed by atoms with E-state index in [2.05, 4.69) is 39.4 Å². The third kappa shape index (κ3) is 1.62. The molecule has 0 fully saturated rings. The Balaban J connectivity index is 2.52. The van der Waals surface area contributed by atoms with Gasteiger partial charge < -0.3 is 0 Å². The van der Waals surface area contributed by atoms with Gasteiger partial charge in [-0.15, -0.1) is 5.10 Å². The van der Waals surface area contributed by atoms with E-state index in [1.807, 2.05) is 24.4 Å². The molecule has 1 aromatic carbocycles. The summed E-state index contributed by atoms with van der Waals surface area (Å²) in [5.74, 6) is 0. The number of hydrogen-bond donors (Lipinski definition) is 0. The van der Waals surface area contributed by atoms with Crippen molar-refractivity contribution < 1.29 is 0 Å². The Bertz CT molecular complexity index is 422. The van der Waals surface area contributed by atoms with Gasteiger partial charge >= 0.3 is 0 Å². The van der Waals surface area contributed by atoms with Crippen molar-refractivity contribution >= 4 is 16.1 Å². The van der Waals surface area contributed by atoms with Crippen molar-refractivity contribution in [3.05, 3.63) is 36.0 Å². The minimum absolute atomic E-state index is 0.884. The molecule has 13 heavy (non-hydrogen) atoms. The van der Waals surface area contributed by atoms with Crippen LogP contribution in [0.4, 0.5) is 0 Å². The maximum atomic E-state index is 4.01. The van der Waals surface area contributed by atoms with Crippen molar-refractivity contribution in [3.63, 3.8) is 0 Å². The van der Waals surface area contributed by atoms with Crippen LogP contribution in [0.5, 0.6) is 0 Å². The molecule has 2 rings (SSSR count). The number of nitrogens with zero attached hydrogens (tertiary/aromatic N) is 3. The van der Waals surface area contributed by atoms with Crippen molar-refractivity contribution in [2.75, 3.05) is 0 Å². The van der Waals surface area contributed by atoms with E-state index in [0.717, 1.165) is 11.3 Å². The lowest BCUT2D eigenvalue weighted by atomic mass is 10.1. The quantitative estimate of drug-likeness (QED) is 0.763. The van der Waals surface area contributed by atoms with Gasteiger partial charge in [-0.3, -0.25) is 0 Å². The number of hydrogen-bond acceptors (Lipinski definition) is 2. The summed E-state index contributed by atoms with van der Waals surface area (Å²) in [6, 6.07) is 8.10. The van der Waals surface area contributed by atoms with Gasteiger partial charge in [0.25, 0.3) is 0 Å². The molecule has 4 heteroatoms. The lowest BCUT2D eigenvalue weighted by molar-refractivity contribution is 0.906. The molecule has 0 aliphatic rings. The highest BCUT2D eigenvalue weighted by Crippen LogP contribution is 2.20. The van der Waals surface area contributed by atoms with Crippen LogP contribution < -0.4 is 0 Å². The summed E-state index contributed by atoms with van der Waals surface area (Å²) in [4.78, 5) is 0. The molecule has 0 amide bonds. The molecular weight excluding hydrogens is 230 g/mol. The summed E-state index contributed by atoms with van der Waals surface area (Å²) in [6.45, 7) is 2.06. The van der Waals surface area contributed by atoms with Gasteiger partial charge in [0.2, 0.25) is 0 Å². The van der Waals surface area contributed by atoms with Crippen LogP contribution in [0.3, 0.4) is 0 Å². The van der Waals surface area contributed by atoms with Gasteiger partial charge in [0.15, 0.2) is 0 Å². The summed E-state index contributed by atoms with van der Waals surface area (Å²) in [6.07, 6.45) is 1.84. The van der Waals surface area contributed by atoms with Gasteiger partial charge in [-0.25, -0.2) is 0 Å². The van der Waals surface area contributed by atoms with E-state index < -0.39 is 0 Å². The molecular formula is C9H8BrN3. The van der Waals surface area contributed by atoms with Crippen LogP contribution in [0.25, 0.3) is 11.3 Å². The van der Waals surface area contributed by atoms with Crippen LogP contribution in [0.2, 0.25) is 0 Å². The zero-order chi connectivity index (χ0) is 9.26. The van der Waals surface area contributed by atoms with Gasteiger partial charge in [-0.2, -0.15) is 3.71 Å². The highest BCUT2D eigenvalue weighted by molar-refractivity contribution is 9.08. The van der Waals surface area contributed by atoms with Crippen molar-refractivity contribution in [2.24, 2.45) is 0 Å². The number of aryl methyl sites for hydroxylation is 1. The van der Waals surface area contributed by atoms with Gasteiger partial charge in [0.1, 0.15) is 5.69 Å². The fraction of sp³-hybridized carbons (Fsp3) is 0.111. The molecule has 0 spiro atoms. The van der Waals surface area contributed by atoms with E-state index >= 15 is 0 Å². The molecule has 0 bridgehead atoms. The highest BCUT2D eigenvalue weighted by Gasteiger charge is 2.04. The van der Waals surface area contributed by atoms with Crippen LogP contribution in [0, 0.1) is 6.92 Å². The lowest BCUT2D eigenvalue weighted by Crippen LogP contribution is -1.81. The topological polar surface area (TPSA) is 30.7 Å². The fourth-order valence-electron chi connectivity index (χ4n) is 1.23. The molecule has 0 atom stereocenters. The van der Waals surface area contributed by atoms with E-state index in [4.69, 9.17) is 0 Å². The van der Waals surface area contributed by atoms with E-state index in [-0.39, 0.29) is 0 Å². The second-order valence-electron chi connectivity index (χ2n) is 2.81. The molecule has 0 saturated heterocycles. The van der Waals surface area contributed by atoms with Gasteiger partial charge in [0.05, 0.1) is 22.3 Å². The Hall–Kier alpha value is -1.16. The minimum Gasteiger partial charge on any atom is -0.184 e. The third-order valence-corrected chi connectivity index (χ3v) is 2.23. The normalized spacial score (nSPS) is 10.3. The van der Waals surface area contributed by atoms with Crippen molar-refractivity contribution in [1.82, 2.24) is 14.0 Å². The molecule has 0 aliphatic heterocycles. The van der Waals surface area contributed by atoms with Crippen molar-refractivity contribution in [3.8, 4) is 11.3 Å².